The van der Waals surface area contributed by atoms with Crippen LogP contribution in [0.1, 0.15) is 0 Å². The molecule has 0 aromatic heterocycles. The van der Waals surface area contributed by atoms with E-state index in [0.717, 1.165) is 21.8 Å². The molecule has 0 saturated carbocycles. The van der Waals surface area contributed by atoms with E-state index in [1.807, 2.05) is 48.5 Å². The normalized spacial score (nSPS) is 14.3. The highest BCUT2D eigenvalue weighted by Crippen LogP contribution is 2.28. The van der Waals surface area contributed by atoms with Crippen molar-refractivity contribution < 1.29 is 9.53 Å². The summed E-state index contributed by atoms with van der Waals surface area (Å²) in [5, 5.41) is 3.29. The van der Waals surface area contributed by atoms with Gasteiger partial charge in [-0.25, -0.2) is 4.79 Å². The molecule has 0 aliphatic carbocycles. The minimum Gasteiger partial charge on any atom is -0.445 e. The van der Waals surface area contributed by atoms with Crippen LogP contribution in [-0.2, 0) is 4.74 Å². The molecule has 5 nitrogen and oxygen atoms in total. The molecular weight excluding hydrogens is 352 g/mol. The zero-order chi connectivity index (χ0) is 19.5. The maximum Gasteiger partial charge on any atom is 0.410 e. The molecule has 0 unspecified atom stereocenters. The van der Waals surface area contributed by atoms with Gasteiger partial charge in [-0.3, -0.25) is 4.79 Å². The van der Waals surface area contributed by atoms with Crippen molar-refractivity contribution in [3.63, 3.8) is 0 Å². The first-order valence-corrected chi connectivity index (χ1v) is 9.41. The van der Waals surface area contributed by atoms with Gasteiger partial charge in [0.25, 0.3) is 0 Å². The number of amides is 1. The summed E-state index contributed by atoms with van der Waals surface area (Å²) in [5.74, 6) is 0. The number of carbonyl (C=O) groups excluding carboxylic acids is 1. The third-order valence-corrected chi connectivity index (χ3v) is 5.15. The molecule has 1 fully saturated rings. The quantitative estimate of drug-likeness (QED) is 0.655. The van der Waals surface area contributed by atoms with E-state index >= 15 is 0 Å². The molecule has 0 spiro atoms. The van der Waals surface area contributed by atoms with Crippen LogP contribution < -0.4 is 10.3 Å². The smallest absolute Gasteiger partial charge is 0.410 e. The number of hydrogen-bond donors (Lipinski definition) is 0. The lowest BCUT2D eigenvalue weighted by atomic mass is 10.1. The molecule has 4 rings (SSSR count). The Hall–Kier alpha value is -3.34. The Morgan fingerprint density at radius 1 is 0.964 bits per heavy atom. The summed E-state index contributed by atoms with van der Waals surface area (Å²) >= 11 is 0. The van der Waals surface area contributed by atoms with E-state index in [2.05, 4.69) is 17.5 Å². The van der Waals surface area contributed by atoms with Gasteiger partial charge in [-0.2, -0.15) is 0 Å². The third kappa shape index (κ3) is 3.31. The van der Waals surface area contributed by atoms with Crippen molar-refractivity contribution in [3.05, 3.63) is 77.5 Å². The maximum absolute atomic E-state index is 13.1. The van der Waals surface area contributed by atoms with Gasteiger partial charge < -0.3 is 14.5 Å². The zero-order valence-corrected chi connectivity index (χ0v) is 15.6. The van der Waals surface area contributed by atoms with Crippen LogP contribution in [0.25, 0.3) is 21.5 Å². The van der Waals surface area contributed by atoms with Gasteiger partial charge in [-0.05, 0) is 11.5 Å². The molecule has 5 heteroatoms. The summed E-state index contributed by atoms with van der Waals surface area (Å²) in [4.78, 5) is 29.1. The number of hydrogen-bond acceptors (Lipinski definition) is 4. The second-order valence-corrected chi connectivity index (χ2v) is 6.83. The van der Waals surface area contributed by atoms with Gasteiger partial charge in [0.15, 0.2) is 5.43 Å². The number of benzene rings is 2. The van der Waals surface area contributed by atoms with Crippen molar-refractivity contribution in [3.8, 4) is 0 Å². The number of carbonyl (C=O) groups is 1. The Kier molecular flexibility index (Phi) is 4.98. The van der Waals surface area contributed by atoms with Crippen molar-refractivity contribution in [2.45, 2.75) is 0 Å². The zero-order valence-electron chi connectivity index (χ0n) is 15.6. The molecule has 3 aromatic rings. The highest BCUT2D eigenvalue weighted by Gasteiger charge is 2.23. The van der Waals surface area contributed by atoms with E-state index in [1.165, 1.54) is 0 Å². The van der Waals surface area contributed by atoms with Crippen LogP contribution in [-0.4, -0.2) is 43.8 Å². The number of ether oxygens (including phenoxy) is 1. The molecule has 1 amide bonds. The van der Waals surface area contributed by atoms with Crippen LogP contribution in [0.2, 0.25) is 0 Å². The number of fused-ring (bicyclic) bond motifs is 2. The summed E-state index contributed by atoms with van der Waals surface area (Å²) in [6.45, 7) is 6.30. The number of nitrogens with zero attached hydrogens (tertiary/aromatic N) is 2. The first-order valence-electron chi connectivity index (χ1n) is 9.41. The average molecular weight is 374 g/mol. The fraction of sp³-hybridized carbons (Fsp3) is 0.217. The summed E-state index contributed by atoms with van der Waals surface area (Å²) in [6, 6.07) is 17.5. The fourth-order valence-electron chi connectivity index (χ4n) is 3.72. The molecule has 1 aliphatic rings. The van der Waals surface area contributed by atoms with Crippen molar-refractivity contribution >= 4 is 33.3 Å². The minimum absolute atomic E-state index is 0.0455. The summed E-state index contributed by atoms with van der Waals surface area (Å²) in [5.41, 5.74) is 1.07. The van der Waals surface area contributed by atoms with E-state index in [4.69, 9.17) is 4.74 Å². The number of rotatable bonds is 3. The minimum atomic E-state index is -0.310. The summed E-state index contributed by atoms with van der Waals surface area (Å²) < 4.78 is 5.14. The van der Waals surface area contributed by atoms with Gasteiger partial charge in [0, 0.05) is 48.0 Å². The molecule has 3 aromatic carbocycles. The monoisotopic (exact) mass is 374 g/mol. The summed E-state index contributed by atoms with van der Waals surface area (Å²) in [6.07, 6.45) is 1.26. The van der Waals surface area contributed by atoms with Crippen molar-refractivity contribution in [2.24, 2.45) is 0 Å². The van der Waals surface area contributed by atoms with Crippen molar-refractivity contribution in [1.29, 1.82) is 0 Å². The molecule has 1 saturated heterocycles. The predicted octanol–water partition coefficient (Wildman–Crippen LogP) is 3.80. The standard InChI is InChI=1S/C23H22N2O3/c1-2-15-28-23(27)25-13-11-24(12-14-25)21-16-17-7-3-4-8-18(17)22(26)20-10-6-5-9-19(20)21/h2-10,16H,1,11-15H2. The van der Waals surface area contributed by atoms with E-state index < -0.39 is 0 Å². The predicted molar refractivity (Wildman–Crippen MR) is 113 cm³/mol. The van der Waals surface area contributed by atoms with Crippen LogP contribution in [0, 0.1) is 0 Å². The molecule has 1 heterocycles. The van der Waals surface area contributed by atoms with Crippen molar-refractivity contribution in [2.75, 3.05) is 37.7 Å². The molecule has 0 radical (unpaired) electrons. The number of anilines is 1. The topological polar surface area (TPSA) is 49.9 Å². The lowest BCUT2D eigenvalue weighted by Gasteiger charge is -2.35. The largest absolute Gasteiger partial charge is 0.445 e. The first kappa shape index (κ1) is 18.0. The molecule has 0 N–H and O–H groups in total. The molecule has 142 valence electrons. The number of piperazine rings is 1. The lowest BCUT2D eigenvalue weighted by Crippen LogP contribution is -2.49. The van der Waals surface area contributed by atoms with Gasteiger partial charge in [0.05, 0.1) is 0 Å². The Labute approximate surface area is 163 Å². The van der Waals surface area contributed by atoms with Crippen LogP contribution in [0.3, 0.4) is 0 Å². The Bertz CT molecular complexity index is 1100. The van der Waals surface area contributed by atoms with Gasteiger partial charge in [0.1, 0.15) is 6.61 Å². The first-order chi connectivity index (χ1) is 13.7. The van der Waals surface area contributed by atoms with Crippen LogP contribution in [0.15, 0.2) is 72.0 Å². The average Bonchev–Trinajstić information content (AvgIpc) is 2.87. The Morgan fingerprint density at radius 2 is 1.61 bits per heavy atom. The van der Waals surface area contributed by atoms with Crippen LogP contribution in [0.4, 0.5) is 10.5 Å². The van der Waals surface area contributed by atoms with E-state index in [1.54, 1.807) is 11.0 Å². The van der Waals surface area contributed by atoms with Crippen LogP contribution >= 0.6 is 0 Å². The third-order valence-electron chi connectivity index (χ3n) is 5.15. The fourth-order valence-corrected chi connectivity index (χ4v) is 3.72. The second kappa shape index (κ2) is 7.72. The molecule has 28 heavy (non-hydrogen) atoms. The highest BCUT2D eigenvalue weighted by molar-refractivity contribution is 6.01. The van der Waals surface area contributed by atoms with E-state index in [-0.39, 0.29) is 18.1 Å². The second-order valence-electron chi connectivity index (χ2n) is 6.83. The van der Waals surface area contributed by atoms with Gasteiger partial charge in [-0.15, -0.1) is 0 Å². The van der Waals surface area contributed by atoms with Crippen molar-refractivity contribution in [1.82, 2.24) is 4.90 Å². The van der Waals surface area contributed by atoms with E-state index in [0.29, 0.717) is 31.6 Å². The SMILES string of the molecule is C=CCOC(=O)N1CCN(c2cc3ccccc3c(=O)c3ccccc23)CC1. The maximum atomic E-state index is 13.1. The summed E-state index contributed by atoms with van der Waals surface area (Å²) in [7, 11) is 0. The molecule has 0 atom stereocenters. The molecular formula is C23H22N2O3. The lowest BCUT2D eigenvalue weighted by molar-refractivity contribution is 0.110. The Morgan fingerprint density at radius 3 is 2.32 bits per heavy atom. The Balaban J connectivity index is 1.73. The molecule has 1 aliphatic heterocycles. The highest BCUT2D eigenvalue weighted by atomic mass is 16.6. The van der Waals surface area contributed by atoms with Gasteiger partial charge >= 0.3 is 6.09 Å². The van der Waals surface area contributed by atoms with Gasteiger partial charge in [-0.1, -0.05) is 61.2 Å². The molecule has 0 bridgehead atoms. The van der Waals surface area contributed by atoms with Crippen LogP contribution in [0.5, 0.6) is 0 Å². The van der Waals surface area contributed by atoms with Gasteiger partial charge in [0.2, 0.25) is 0 Å². The van der Waals surface area contributed by atoms with E-state index in [9.17, 15) is 9.59 Å².